The number of likely N-dealkylation sites (N-methyl/N-ethyl adjacent to an activating group) is 1. The first-order chi connectivity index (χ1) is 12.8. The normalized spacial score (nSPS) is 15.9. The number of hydrogen-bond donors (Lipinski definition) is 1. The van der Waals surface area contributed by atoms with Crippen LogP contribution in [0.2, 0.25) is 0 Å². The van der Waals surface area contributed by atoms with Gasteiger partial charge in [0.2, 0.25) is 11.8 Å². The van der Waals surface area contributed by atoms with Gasteiger partial charge in [0, 0.05) is 39.7 Å². The number of carbonyl (C=O) groups excluding carboxylic acids is 3. The van der Waals surface area contributed by atoms with Crippen LogP contribution in [0.25, 0.3) is 0 Å². The van der Waals surface area contributed by atoms with Crippen molar-refractivity contribution >= 4 is 39.3 Å². The molecule has 1 atom stereocenters. The van der Waals surface area contributed by atoms with Gasteiger partial charge in [0.25, 0.3) is 5.91 Å². The van der Waals surface area contributed by atoms with E-state index < -0.39 is 6.04 Å². The third-order valence-corrected chi connectivity index (χ3v) is 4.85. The summed E-state index contributed by atoms with van der Waals surface area (Å²) in [6.45, 7) is 1.69. The molecule has 0 bridgehead atoms. The molecule has 7 nitrogen and oxygen atoms in total. The first-order valence-electron chi connectivity index (χ1n) is 8.43. The van der Waals surface area contributed by atoms with E-state index in [1.165, 1.54) is 16.7 Å². The SMILES string of the molecule is CC(=O)Nc1ccc2c(c1)CN(C(=O)c1ccc(Br)o1)[C@H](C(=O)N(C)C)C2. The fraction of sp³-hybridized carbons (Fsp3) is 0.316. The second-order valence-corrected chi connectivity index (χ2v) is 7.44. The minimum atomic E-state index is -0.615. The first kappa shape index (κ1) is 19.2. The highest BCUT2D eigenvalue weighted by Crippen LogP contribution is 2.29. The quantitative estimate of drug-likeness (QED) is 0.806. The summed E-state index contributed by atoms with van der Waals surface area (Å²) in [5, 5.41) is 2.74. The van der Waals surface area contributed by atoms with Crippen LogP contribution in [0, 0.1) is 0 Å². The van der Waals surface area contributed by atoms with Gasteiger partial charge in [-0.15, -0.1) is 0 Å². The molecule has 0 fully saturated rings. The molecular weight excluding hydrogens is 414 g/mol. The fourth-order valence-corrected chi connectivity index (χ4v) is 3.47. The van der Waals surface area contributed by atoms with Crippen LogP contribution >= 0.6 is 15.9 Å². The highest BCUT2D eigenvalue weighted by molar-refractivity contribution is 9.10. The number of amides is 3. The largest absolute Gasteiger partial charge is 0.444 e. The number of rotatable bonds is 3. The molecule has 1 aliphatic heterocycles. The molecule has 0 unspecified atom stereocenters. The standard InChI is InChI=1S/C19H20BrN3O4/c1-11(24)21-14-5-4-12-9-15(18(25)22(2)3)23(10-13(12)8-14)19(26)16-6-7-17(20)27-16/h4-8,15H,9-10H2,1-3H3,(H,21,24)/t15-/m0/s1. The molecule has 1 N–H and O–H groups in total. The summed E-state index contributed by atoms with van der Waals surface area (Å²) in [5.74, 6) is -0.498. The van der Waals surface area contributed by atoms with E-state index in [9.17, 15) is 14.4 Å². The molecule has 0 spiro atoms. The third kappa shape index (κ3) is 4.05. The Morgan fingerprint density at radius 2 is 1.93 bits per heavy atom. The van der Waals surface area contributed by atoms with Crippen molar-refractivity contribution in [1.29, 1.82) is 0 Å². The molecule has 1 aromatic heterocycles. The lowest BCUT2D eigenvalue weighted by Crippen LogP contribution is -2.52. The number of benzene rings is 1. The van der Waals surface area contributed by atoms with E-state index in [4.69, 9.17) is 4.42 Å². The number of nitrogens with zero attached hydrogens (tertiary/aromatic N) is 2. The van der Waals surface area contributed by atoms with Crippen LogP contribution in [0.5, 0.6) is 0 Å². The van der Waals surface area contributed by atoms with E-state index in [-0.39, 0.29) is 30.0 Å². The molecule has 2 heterocycles. The van der Waals surface area contributed by atoms with Gasteiger partial charge in [0.05, 0.1) is 0 Å². The molecule has 27 heavy (non-hydrogen) atoms. The molecule has 0 saturated heterocycles. The van der Waals surface area contributed by atoms with Crippen LogP contribution in [-0.2, 0) is 22.6 Å². The summed E-state index contributed by atoms with van der Waals surface area (Å²) < 4.78 is 5.85. The van der Waals surface area contributed by atoms with Crippen molar-refractivity contribution in [3.05, 3.63) is 51.9 Å². The molecule has 142 valence electrons. The van der Waals surface area contributed by atoms with E-state index in [0.29, 0.717) is 16.8 Å². The van der Waals surface area contributed by atoms with Gasteiger partial charge in [-0.3, -0.25) is 14.4 Å². The van der Waals surface area contributed by atoms with E-state index in [1.54, 1.807) is 32.3 Å². The lowest BCUT2D eigenvalue weighted by atomic mass is 9.92. The van der Waals surface area contributed by atoms with Crippen molar-refractivity contribution in [2.45, 2.75) is 25.9 Å². The monoisotopic (exact) mass is 433 g/mol. The predicted octanol–water partition coefficient (Wildman–Crippen LogP) is 2.66. The maximum Gasteiger partial charge on any atom is 0.290 e. The molecule has 8 heteroatoms. The Morgan fingerprint density at radius 1 is 1.19 bits per heavy atom. The van der Waals surface area contributed by atoms with Crippen molar-refractivity contribution < 1.29 is 18.8 Å². The van der Waals surface area contributed by atoms with Crippen LogP contribution in [0.4, 0.5) is 5.69 Å². The van der Waals surface area contributed by atoms with E-state index in [1.807, 2.05) is 12.1 Å². The van der Waals surface area contributed by atoms with Gasteiger partial charge in [0.15, 0.2) is 10.4 Å². The number of anilines is 1. The van der Waals surface area contributed by atoms with Crippen molar-refractivity contribution in [3.63, 3.8) is 0 Å². The van der Waals surface area contributed by atoms with Gasteiger partial charge in [-0.1, -0.05) is 6.07 Å². The van der Waals surface area contributed by atoms with Crippen LogP contribution in [0.3, 0.4) is 0 Å². The van der Waals surface area contributed by atoms with Gasteiger partial charge >= 0.3 is 0 Å². The van der Waals surface area contributed by atoms with Gasteiger partial charge in [-0.25, -0.2) is 0 Å². The zero-order chi connectivity index (χ0) is 19.7. The number of halogens is 1. The summed E-state index contributed by atoms with van der Waals surface area (Å²) in [6, 6.07) is 8.14. The first-order valence-corrected chi connectivity index (χ1v) is 9.22. The minimum Gasteiger partial charge on any atom is -0.444 e. The fourth-order valence-electron chi connectivity index (χ4n) is 3.17. The molecule has 0 radical (unpaired) electrons. The molecule has 0 saturated carbocycles. The second-order valence-electron chi connectivity index (χ2n) is 6.65. The predicted molar refractivity (Wildman–Crippen MR) is 103 cm³/mol. The van der Waals surface area contributed by atoms with E-state index in [0.717, 1.165) is 11.1 Å². The summed E-state index contributed by atoms with van der Waals surface area (Å²) in [4.78, 5) is 40.0. The lowest BCUT2D eigenvalue weighted by Gasteiger charge is -2.37. The highest BCUT2D eigenvalue weighted by atomic mass is 79.9. The van der Waals surface area contributed by atoms with Crippen molar-refractivity contribution in [3.8, 4) is 0 Å². The number of hydrogen-bond acceptors (Lipinski definition) is 4. The molecule has 3 rings (SSSR count). The third-order valence-electron chi connectivity index (χ3n) is 4.43. The Balaban J connectivity index is 1.97. The Bertz CT molecular complexity index is 906. The van der Waals surface area contributed by atoms with Gasteiger partial charge in [0.1, 0.15) is 6.04 Å². The second kappa shape index (κ2) is 7.56. The smallest absolute Gasteiger partial charge is 0.290 e. The maximum absolute atomic E-state index is 13.0. The summed E-state index contributed by atoms with van der Waals surface area (Å²) in [6.07, 6.45) is 0.403. The molecule has 1 aromatic carbocycles. The van der Waals surface area contributed by atoms with Crippen molar-refractivity contribution in [2.24, 2.45) is 0 Å². The van der Waals surface area contributed by atoms with E-state index in [2.05, 4.69) is 21.2 Å². The number of furan rings is 1. The van der Waals surface area contributed by atoms with Crippen LogP contribution < -0.4 is 5.32 Å². The Hall–Kier alpha value is -2.61. The molecule has 0 aliphatic carbocycles. The summed E-state index contributed by atoms with van der Waals surface area (Å²) in [5.41, 5.74) is 2.53. The van der Waals surface area contributed by atoms with Crippen molar-refractivity contribution in [2.75, 3.05) is 19.4 Å². The van der Waals surface area contributed by atoms with Crippen LogP contribution in [-0.4, -0.2) is 47.7 Å². The Kier molecular flexibility index (Phi) is 5.36. The topological polar surface area (TPSA) is 82.9 Å². The van der Waals surface area contributed by atoms with Crippen LogP contribution in [0.15, 0.2) is 39.4 Å². The molecule has 1 aliphatic rings. The zero-order valence-corrected chi connectivity index (χ0v) is 16.9. The van der Waals surface area contributed by atoms with Crippen LogP contribution in [0.1, 0.15) is 28.6 Å². The number of nitrogens with one attached hydrogen (secondary N) is 1. The Morgan fingerprint density at radius 3 is 2.52 bits per heavy atom. The van der Waals surface area contributed by atoms with Gasteiger partial charge in [-0.2, -0.15) is 0 Å². The Labute approximate surface area is 165 Å². The zero-order valence-electron chi connectivity index (χ0n) is 15.3. The maximum atomic E-state index is 13.0. The highest BCUT2D eigenvalue weighted by Gasteiger charge is 2.37. The number of fused-ring (bicyclic) bond motifs is 1. The van der Waals surface area contributed by atoms with Gasteiger partial charge in [-0.05, 0) is 51.3 Å². The average molecular weight is 434 g/mol. The molecule has 2 aromatic rings. The molecule has 3 amide bonds. The summed E-state index contributed by atoms with van der Waals surface area (Å²) >= 11 is 3.20. The van der Waals surface area contributed by atoms with Crippen molar-refractivity contribution in [1.82, 2.24) is 9.80 Å². The molecular formula is C19H20BrN3O4. The lowest BCUT2D eigenvalue weighted by molar-refractivity contribution is -0.134. The minimum absolute atomic E-state index is 0.148. The average Bonchev–Trinajstić information content (AvgIpc) is 3.05. The van der Waals surface area contributed by atoms with E-state index >= 15 is 0 Å². The number of carbonyl (C=O) groups is 3. The van der Waals surface area contributed by atoms with Gasteiger partial charge < -0.3 is 19.5 Å². The summed E-state index contributed by atoms with van der Waals surface area (Å²) in [7, 11) is 3.34.